The fourth-order valence-electron chi connectivity index (χ4n) is 1.63. The van der Waals surface area contributed by atoms with Crippen LogP contribution in [-0.4, -0.2) is 25.0 Å². The molecule has 1 heterocycles. The average Bonchev–Trinajstić information content (AvgIpc) is 2.42. The van der Waals surface area contributed by atoms with Gasteiger partial charge in [-0.1, -0.05) is 11.6 Å². The number of nitrogens with zero attached hydrogens (tertiary/aromatic N) is 2. The first-order valence-corrected chi connectivity index (χ1v) is 6.36. The van der Waals surface area contributed by atoms with E-state index in [1.165, 1.54) is 12.1 Å². The van der Waals surface area contributed by atoms with E-state index < -0.39 is 17.5 Å². The van der Waals surface area contributed by atoms with E-state index in [1.807, 2.05) is 0 Å². The molecule has 0 spiro atoms. The van der Waals surface area contributed by atoms with Gasteiger partial charge in [-0.2, -0.15) is 0 Å². The number of anilines is 2. The van der Waals surface area contributed by atoms with Gasteiger partial charge < -0.3 is 10.2 Å². The van der Waals surface area contributed by atoms with Gasteiger partial charge in [-0.3, -0.25) is 4.79 Å². The highest BCUT2D eigenvalue weighted by atomic mass is 35.5. The smallest absolute Gasteiger partial charge is 0.255 e. The highest BCUT2D eigenvalue weighted by Crippen LogP contribution is 2.20. The zero-order valence-electron chi connectivity index (χ0n) is 11.3. The van der Waals surface area contributed by atoms with Crippen molar-refractivity contribution in [2.45, 2.75) is 0 Å². The van der Waals surface area contributed by atoms with Crippen LogP contribution >= 0.6 is 11.6 Å². The van der Waals surface area contributed by atoms with E-state index in [4.69, 9.17) is 11.6 Å². The van der Waals surface area contributed by atoms with Crippen LogP contribution in [0.25, 0.3) is 0 Å². The van der Waals surface area contributed by atoms with Crippen molar-refractivity contribution in [3.05, 3.63) is 52.7 Å². The molecule has 0 radical (unpaired) electrons. The largest absolute Gasteiger partial charge is 0.363 e. The fraction of sp³-hybridized carbons (Fsp3) is 0.143. The van der Waals surface area contributed by atoms with Gasteiger partial charge in [0.15, 0.2) is 0 Å². The van der Waals surface area contributed by atoms with E-state index in [2.05, 4.69) is 10.3 Å². The Bertz CT molecular complexity index is 692. The predicted molar refractivity (Wildman–Crippen MR) is 77.9 cm³/mol. The van der Waals surface area contributed by atoms with Gasteiger partial charge in [-0.25, -0.2) is 13.8 Å². The second kappa shape index (κ2) is 6.05. The van der Waals surface area contributed by atoms with E-state index >= 15 is 0 Å². The van der Waals surface area contributed by atoms with Gasteiger partial charge in [0.2, 0.25) is 0 Å². The van der Waals surface area contributed by atoms with Crippen LogP contribution in [0.1, 0.15) is 10.4 Å². The summed E-state index contributed by atoms with van der Waals surface area (Å²) >= 11 is 5.85. The Morgan fingerprint density at radius 1 is 1.24 bits per heavy atom. The first kappa shape index (κ1) is 15.2. The molecule has 0 aliphatic carbocycles. The zero-order valence-corrected chi connectivity index (χ0v) is 12.1. The van der Waals surface area contributed by atoms with Crippen LogP contribution in [0.2, 0.25) is 5.15 Å². The van der Waals surface area contributed by atoms with Crippen LogP contribution in [0, 0.1) is 11.6 Å². The lowest BCUT2D eigenvalue weighted by atomic mass is 10.2. The number of hydrogen-bond acceptors (Lipinski definition) is 3. The highest BCUT2D eigenvalue weighted by molar-refractivity contribution is 6.30. The van der Waals surface area contributed by atoms with Gasteiger partial charge in [0.1, 0.15) is 22.6 Å². The van der Waals surface area contributed by atoms with Crippen molar-refractivity contribution in [1.29, 1.82) is 0 Å². The minimum Gasteiger partial charge on any atom is -0.363 e. The normalized spacial score (nSPS) is 10.3. The average molecular weight is 312 g/mol. The molecule has 1 amide bonds. The van der Waals surface area contributed by atoms with Crippen molar-refractivity contribution in [3.63, 3.8) is 0 Å². The van der Waals surface area contributed by atoms with Crippen molar-refractivity contribution in [1.82, 2.24) is 4.98 Å². The number of amides is 1. The maximum atomic E-state index is 13.5. The SMILES string of the molecule is CN(C)c1cc(C(=O)Nc2cc(F)ccc2F)cc(Cl)n1. The van der Waals surface area contributed by atoms with Crippen molar-refractivity contribution in [3.8, 4) is 0 Å². The third kappa shape index (κ3) is 3.66. The topological polar surface area (TPSA) is 45.2 Å². The summed E-state index contributed by atoms with van der Waals surface area (Å²) in [6.07, 6.45) is 0. The summed E-state index contributed by atoms with van der Waals surface area (Å²) in [7, 11) is 3.49. The molecule has 0 saturated heterocycles. The van der Waals surface area contributed by atoms with Crippen LogP contribution in [0.4, 0.5) is 20.3 Å². The van der Waals surface area contributed by atoms with E-state index in [-0.39, 0.29) is 16.4 Å². The van der Waals surface area contributed by atoms with E-state index in [0.29, 0.717) is 5.82 Å². The molecule has 1 aromatic heterocycles. The van der Waals surface area contributed by atoms with Gasteiger partial charge >= 0.3 is 0 Å². The first-order chi connectivity index (χ1) is 9.86. The summed E-state index contributed by atoms with van der Waals surface area (Å²) in [4.78, 5) is 17.8. The number of benzene rings is 1. The van der Waals surface area contributed by atoms with E-state index in [0.717, 1.165) is 18.2 Å². The molecule has 0 fully saturated rings. The molecule has 4 nitrogen and oxygen atoms in total. The van der Waals surface area contributed by atoms with Crippen LogP contribution in [0.3, 0.4) is 0 Å². The Morgan fingerprint density at radius 2 is 1.95 bits per heavy atom. The Hall–Kier alpha value is -2.21. The molecule has 7 heteroatoms. The molecular formula is C14H12ClF2N3O. The molecule has 1 N–H and O–H groups in total. The predicted octanol–water partition coefficient (Wildman–Crippen LogP) is 3.33. The molecule has 0 unspecified atom stereocenters. The van der Waals surface area contributed by atoms with Crippen molar-refractivity contribution in [2.24, 2.45) is 0 Å². The standard InChI is InChI=1S/C14H12ClF2N3O/c1-20(2)13-6-8(5-12(15)19-13)14(21)18-11-7-9(16)3-4-10(11)17/h3-7H,1-2H3,(H,18,21). The van der Waals surface area contributed by atoms with Gasteiger partial charge in [-0.05, 0) is 24.3 Å². The number of rotatable bonds is 3. The lowest BCUT2D eigenvalue weighted by Crippen LogP contribution is -2.16. The number of carbonyl (C=O) groups excluding carboxylic acids is 1. The zero-order chi connectivity index (χ0) is 15.6. The summed E-state index contributed by atoms with van der Waals surface area (Å²) in [5, 5.41) is 2.43. The maximum Gasteiger partial charge on any atom is 0.255 e. The number of nitrogens with one attached hydrogen (secondary N) is 1. The maximum absolute atomic E-state index is 13.5. The van der Waals surface area contributed by atoms with Crippen LogP contribution in [0.15, 0.2) is 30.3 Å². The Kier molecular flexibility index (Phi) is 4.37. The Morgan fingerprint density at radius 3 is 2.62 bits per heavy atom. The molecule has 0 aliphatic rings. The molecular weight excluding hydrogens is 300 g/mol. The molecule has 0 atom stereocenters. The number of halogens is 3. The second-order valence-electron chi connectivity index (χ2n) is 4.51. The van der Waals surface area contributed by atoms with E-state index in [9.17, 15) is 13.6 Å². The van der Waals surface area contributed by atoms with Crippen LogP contribution < -0.4 is 10.2 Å². The van der Waals surface area contributed by atoms with E-state index in [1.54, 1.807) is 19.0 Å². The second-order valence-corrected chi connectivity index (χ2v) is 4.90. The molecule has 0 saturated carbocycles. The van der Waals surface area contributed by atoms with Crippen molar-refractivity contribution in [2.75, 3.05) is 24.3 Å². The molecule has 2 aromatic rings. The minimum atomic E-state index is -0.724. The third-order valence-corrected chi connectivity index (χ3v) is 2.87. The molecule has 0 bridgehead atoms. The Labute approximate surface area is 125 Å². The molecule has 0 aliphatic heterocycles. The summed E-state index contributed by atoms with van der Waals surface area (Å²) < 4.78 is 26.6. The number of aromatic nitrogens is 1. The summed E-state index contributed by atoms with van der Waals surface area (Å²) in [6, 6.07) is 5.66. The number of pyridine rings is 1. The molecule has 21 heavy (non-hydrogen) atoms. The van der Waals surface area contributed by atoms with Gasteiger partial charge in [-0.15, -0.1) is 0 Å². The summed E-state index contributed by atoms with van der Waals surface area (Å²) in [5.41, 5.74) is -0.0401. The lowest BCUT2D eigenvalue weighted by molar-refractivity contribution is 0.102. The molecule has 1 aromatic carbocycles. The fourth-order valence-corrected chi connectivity index (χ4v) is 1.84. The lowest BCUT2D eigenvalue weighted by Gasteiger charge is -2.13. The van der Waals surface area contributed by atoms with Gasteiger partial charge in [0.25, 0.3) is 5.91 Å². The quantitative estimate of drug-likeness (QED) is 0.884. The van der Waals surface area contributed by atoms with Gasteiger partial charge in [0.05, 0.1) is 5.69 Å². The summed E-state index contributed by atoms with van der Waals surface area (Å²) in [5.74, 6) is -1.49. The first-order valence-electron chi connectivity index (χ1n) is 5.98. The summed E-state index contributed by atoms with van der Waals surface area (Å²) in [6.45, 7) is 0. The number of hydrogen-bond donors (Lipinski definition) is 1. The molecule has 110 valence electrons. The minimum absolute atomic E-state index is 0.131. The Balaban J connectivity index is 2.30. The van der Waals surface area contributed by atoms with Crippen molar-refractivity contribution < 1.29 is 13.6 Å². The monoisotopic (exact) mass is 311 g/mol. The van der Waals surface area contributed by atoms with Gasteiger partial charge in [0, 0.05) is 25.7 Å². The van der Waals surface area contributed by atoms with Crippen LogP contribution in [-0.2, 0) is 0 Å². The third-order valence-electron chi connectivity index (χ3n) is 2.68. The van der Waals surface area contributed by atoms with Crippen molar-refractivity contribution >= 4 is 29.0 Å². The molecule has 2 rings (SSSR count). The number of carbonyl (C=O) groups is 1. The van der Waals surface area contributed by atoms with Crippen LogP contribution in [0.5, 0.6) is 0 Å². The highest BCUT2D eigenvalue weighted by Gasteiger charge is 2.13.